The number of carbonyl (C=O) groups excluding carboxylic acids is 1. The third-order valence-corrected chi connectivity index (χ3v) is 5.10. The summed E-state index contributed by atoms with van der Waals surface area (Å²) in [4.78, 5) is 13.9. The van der Waals surface area contributed by atoms with Crippen molar-refractivity contribution in [2.24, 2.45) is 0 Å². The second-order valence-corrected chi connectivity index (χ2v) is 7.09. The average Bonchev–Trinajstić information content (AvgIpc) is 3.11. The van der Waals surface area contributed by atoms with Crippen LogP contribution in [0.25, 0.3) is 10.9 Å². The van der Waals surface area contributed by atoms with E-state index < -0.39 is 0 Å². The fourth-order valence-electron chi connectivity index (χ4n) is 3.70. The van der Waals surface area contributed by atoms with Gasteiger partial charge in [-0.15, -0.1) is 0 Å². The van der Waals surface area contributed by atoms with Gasteiger partial charge in [0.05, 0.1) is 0 Å². The van der Waals surface area contributed by atoms with Crippen molar-refractivity contribution in [1.29, 1.82) is 0 Å². The van der Waals surface area contributed by atoms with Crippen molar-refractivity contribution in [3.63, 3.8) is 0 Å². The lowest BCUT2D eigenvalue weighted by atomic mass is 10.1. The molecule has 0 aliphatic rings. The molecule has 0 fully saturated rings. The molecule has 3 aromatic carbocycles. The highest BCUT2D eigenvalue weighted by Crippen LogP contribution is 2.20. The summed E-state index contributed by atoms with van der Waals surface area (Å²) < 4.78 is 2.20. The Labute approximate surface area is 165 Å². The van der Waals surface area contributed by atoms with E-state index in [4.69, 9.17) is 0 Å². The van der Waals surface area contributed by atoms with Crippen LogP contribution in [0, 0.1) is 0 Å². The summed E-state index contributed by atoms with van der Waals surface area (Å²) in [7, 11) is 0. The number of aromatic nitrogens is 1. The maximum Gasteiger partial charge on any atom is 0.152 e. The molecule has 0 atom stereocenters. The van der Waals surface area contributed by atoms with Crippen LogP contribution in [0.3, 0.4) is 0 Å². The first-order chi connectivity index (χ1) is 13.8. The van der Waals surface area contributed by atoms with Crippen LogP contribution >= 0.6 is 0 Å². The van der Waals surface area contributed by atoms with Gasteiger partial charge in [-0.3, -0.25) is 9.69 Å². The number of para-hydroxylation sites is 1. The van der Waals surface area contributed by atoms with E-state index in [-0.39, 0.29) is 0 Å². The summed E-state index contributed by atoms with van der Waals surface area (Å²) in [6.07, 6.45) is 2.92. The lowest BCUT2D eigenvalue weighted by Crippen LogP contribution is -2.26. The van der Waals surface area contributed by atoms with Crippen molar-refractivity contribution in [3.05, 3.63) is 108 Å². The zero-order valence-electron chi connectivity index (χ0n) is 15.9. The first-order valence-corrected chi connectivity index (χ1v) is 9.67. The van der Waals surface area contributed by atoms with Crippen LogP contribution in [0.15, 0.2) is 91.1 Å². The van der Waals surface area contributed by atoms with Crippen LogP contribution < -0.4 is 0 Å². The van der Waals surface area contributed by atoms with Crippen molar-refractivity contribution in [1.82, 2.24) is 9.47 Å². The van der Waals surface area contributed by atoms with Crippen LogP contribution in [0.4, 0.5) is 0 Å². The lowest BCUT2D eigenvalue weighted by molar-refractivity contribution is 0.112. The number of aldehydes is 1. The van der Waals surface area contributed by atoms with E-state index in [1.165, 1.54) is 11.1 Å². The molecule has 0 saturated carbocycles. The number of carbonyl (C=O) groups is 1. The van der Waals surface area contributed by atoms with Crippen molar-refractivity contribution in [2.45, 2.75) is 19.6 Å². The molecular formula is C25H24N2O. The quantitative estimate of drug-likeness (QED) is 0.402. The van der Waals surface area contributed by atoms with Gasteiger partial charge < -0.3 is 4.57 Å². The SMILES string of the molecule is O=Cc1cn(CCN(Cc2ccccc2)Cc2ccccc2)c2ccccc12. The molecule has 0 aliphatic heterocycles. The Kier molecular flexibility index (Phi) is 5.64. The van der Waals surface area contributed by atoms with Crippen LogP contribution in [-0.2, 0) is 19.6 Å². The number of fused-ring (bicyclic) bond motifs is 1. The Balaban J connectivity index is 1.54. The fraction of sp³-hybridized carbons (Fsp3) is 0.160. The summed E-state index contributed by atoms with van der Waals surface area (Å²) in [6, 6.07) is 29.3. The van der Waals surface area contributed by atoms with Crippen molar-refractivity contribution in [2.75, 3.05) is 6.54 Å². The zero-order valence-corrected chi connectivity index (χ0v) is 15.9. The molecule has 0 aliphatic carbocycles. The van der Waals surface area contributed by atoms with Crippen molar-refractivity contribution < 1.29 is 4.79 Å². The zero-order chi connectivity index (χ0) is 19.2. The molecule has 0 radical (unpaired) electrons. The van der Waals surface area contributed by atoms with Crippen LogP contribution in [-0.4, -0.2) is 22.3 Å². The third-order valence-electron chi connectivity index (χ3n) is 5.10. The summed E-state index contributed by atoms with van der Waals surface area (Å²) >= 11 is 0. The van der Waals surface area contributed by atoms with Gasteiger partial charge in [0.25, 0.3) is 0 Å². The summed E-state index contributed by atoms with van der Waals surface area (Å²) in [5.41, 5.74) is 4.49. The Hall–Kier alpha value is -3.17. The van der Waals surface area contributed by atoms with Crippen LogP contribution in [0.2, 0.25) is 0 Å². The average molecular weight is 368 g/mol. The second-order valence-electron chi connectivity index (χ2n) is 7.09. The number of benzene rings is 3. The predicted molar refractivity (Wildman–Crippen MR) is 114 cm³/mol. The van der Waals surface area contributed by atoms with E-state index in [0.717, 1.165) is 48.9 Å². The molecule has 1 heterocycles. The molecule has 4 rings (SSSR count). The molecule has 0 unspecified atom stereocenters. The minimum absolute atomic E-state index is 0.758. The highest BCUT2D eigenvalue weighted by atomic mass is 16.1. The van der Waals surface area contributed by atoms with Crippen molar-refractivity contribution >= 4 is 17.2 Å². The topological polar surface area (TPSA) is 25.2 Å². The Bertz CT molecular complexity index is 997. The first kappa shape index (κ1) is 18.2. The number of hydrogen-bond donors (Lipinski definition) is 0. The minimum Gasteiger partial charge on any atom is -0.345 e. The molecule has 140 valence electrons. The lowest BCUT2D eigenvalue weighted by Gasteiger charge is -2.23. The number of rotatable bonds is 8. The predicted octanol–water partition coefficient (Wildman–Crippen LogP) is 5.16. The van der Waals surface area contributed by atoms with Gasteiger partial charge in [0.15, 0.2) is 6.29 Å². The molecule has 4 aromatic rings. The summed E-state index contributed by atoms with van der Waals surface area (Å²) in [5.74, 6) is 0. The van der Waals surface area contributed by atoms with Gasteiger partial charge >= 0.3 is 0 Å². The first-order valence-electron chi connectivity index (χ1n) is 9.67. The second kappa shape index (κ2) is 8.68. The van der Waals surface area contributed by atoms with Gasteiger partial charge in [0.1, 0.15) is 0 Å². The standard InChI is InChI=1S/C25H24N2O/c28-20-23-19-27(25-14-8-7-13-24(23)25)16-15-26(17-21-9-3-1-4-10-21)18-22-11-5-2-6-12-22/h1-14,19-20H,15-18H2. The van der Waals surface area contributed by atoms with Gasteiger partial charge in [-0.05, 0) is 17.2 Å². The van der Waals surface area contributed by atoms with E-state index in [1.807, 2.05) is 24.4 Å². The maximum absolute atomic E-state index is 11.4. The van der Waals surface area contributed by atoms with Crippen LogP contribution in [0.5, 0.6) is 0 Å². The fourth-order valence-corrected chi connectivity index (χ4v) is 3.70. The Morgan fingerprint density at radius 1 is 0.750 bits per heavy atom. The summed E-state index contributed by atoms with van der Waals surface area (Å²) in [6.45, 7) is 3.54. The molecule has 3 nitrogen and oxygen atoms in total. The summed E-state index contributed by atoms with van der Waals surface area (Å²) in [5, 5.41) is 1.02. The number of nitrogens with zero attached hydrogens (tertiary/aromatic N) is 2. The molecular weight excluding hydrogens is 344 g/mol. The monoisotopic (exact) mass is 368 g/mol. The van der Waals surface area contributed by atoms with Gasteiger partial charge in [-0.25, -0.2) is 0 Å². The van der Waals surface area contributed by atoms with E-state index in [1.54, 1.807) is 0 Å². The smallest absolute Gasteiger partial charge is 0.152 e. The van der Waals surface area contributed by atoms with Gasteiger partial charge in [-0.1, -0.05) is 78.9 Å². The number of hydrogen-bond acceptors (Lipinski definition) is 2. The molecule has 0 bridgehead atoms. The molecule has 28 heavy (non-hydrogen) atoms. The van der Waals surface area contributed by atoms with Gasteiger partial charge in [0, 0.05) is 48.8 Å². The molecule has 0 saturated heterocycles. The highest BCUT2D eigenvalue weighted by molar-refractivity contribution is 5.97. The normalized spacial score (nSPS) is 11.2. The van der Waals surface area contributed by atoms with E-state index in [2.05, 4.69) is 76.2 Å². The van der Waals surface area contributed by atoms with Crippen LogP contribution in [0.1, 0.15) is 21.5 Å². The largest absolute Gasteiger partial charge is 0.345 e. The third kappa shape index (κ3) is 4.21. The van der Waals surface area contributed by atoms with Crippen molar-refractivity contribution in [3.8, 4) is 0 Å². The van der Waals surface area contributed by atoms with Gasteiger partial charge in [-0.2, -0.15) is 0 Å². The van der Waals surface area contributed by atoms with E-state index in [0.29, 0.717) is 0 Å². The van der Waals surface area contributed by atoms with Gasteiger partial charge in [0.2, 0.25) is 0 Å². The Morgan fingerprint density at radius 3 is 1.93 bits per heavy atom. The molecule has 1 aromatic heterocycles. The molecule has 0 spiro atoms. The Morgan fingerprint density at radius 2 is 1.32 bits per heavy atom. The molecule has 0 amide bonds. The molecule has 0 N–H and O–H groups in total. The minimum atomic E-state index is 0.758. The molecule has 3 heteroatoms. The highest BCUT2D eigenvalue weighted by Gasteiger charge is 2.11. The maximum atomic E-state index is 11.4. The van der Waals surface area contributed by atoms with E-state index in [9.17, 15) is 4.79 Å². The van der Waals surface area contributed by atoms with E-state index >= 15 is 0 Å².